The van der Waals surface area contributed by atoms with Crippen molar-refractivity contribution in [2.75, 3.05) is 5.73 Å². The number of nitrogens with two attached hydrogens (primary N) is 2. The molecule has 3 aromatic rings. The third-order valence-electron chi connectivity index (χ3n) is 4.80. The Balaban J connectivity index is 0.00000176. The second kappa shape index (κ2) is 11.5. The Bertz CT molecular complexity index is 1060. The van der Waals surface area contributed by atoms with Crippen LogP contribution in [0.2, 0.25) is 0 Å². The predicted molar refractivity (Wildman–Crippen MR) is 126 cm³/mol. The molecule has 1 heterocycles. The summed E-state index contributed by atoms with van der Waals surface area (Å²) in [7, 11) is 0. The molecular formula is C24H29N5O3. The third-order valence-corrected chi connectivity index (χ3v) is 4.80. The Morgan fingerprint density at radius 2 is 1.88 bits per heavy atom. The second-order valence-electron chi connectivity index (χ2n) is 6.79. The quantitative estimate of drug-likeness (QED) is 0.345. The smallest absolute Gasteiger partial charge is 0.255 e. The number of hydrogen-bond acceptors (Lipinski definition) is 5. The van der Waals surface area contributed by atoms with E-state index >= 15 is 0 Å². The highest BCUT2D eigenvalue weighted by Crippen LogP contribution is 2.30. The third kappa shape index (κ3) is 5.61. The lowest BCUT2D eigenvalue weighted by Gasteiger charge is -2.22. The van der Waals surface area contributed by atoms with Crippen LogP contribution in [0.1, 0.15) is 35.3 Å². The average Bonchev–Trinajstić information content (AvgIpc) is 3.30. The van der Waals surface area contributed by atoms with Gasteiger partial charge in [0.25, 0.3) is 5.91 Å². The first kappa shape index (κ1) is 24.4. The number of benzene rings is 2. The number of carbonyl (C=O) groups excluding carboxylic acids is 2. The number of rotatable bonds is 8. The minimum absolute atomic E-state index is 0.220. The number of nitrogens with one attached hydrogen (secondary N) is 2. The molecule has 0 aliphatic carbocycles. The molecule has 0 aliphatic rings. The van der Waals surface area contributed by atoms with Crippen LogP contribution in [-0.4, -0.2) is 39.3 Å². The van der Waals surface area contributed by atoms with Crippen molar-refractivity contribution in [3.8, 4) is 11.3 Å². The van der Waals surface area contributed by atoms with E-state index in [1.54, 1.807) is 24.3 Å². The maximum atomic E-state index is 13.0. The van der Waals surface area contributed by atoms with E-state index in [1.807, 2.05) is 44.2 Å². The van der Waals surface area contributed by atoms with Crippen LogP contribution in [0, 0.1) is 0 Å². The number of nitrogen functional groups attached to an aromatic ring is 1. The molecule has 0 spiro atoms. The number of aliphatic hydroxyl groups excluding tert-OH is 1. The molecule has 2 amide bonds. The van der Waals surface area contributed by atoms with Crippen LogP contribution in [-0.2, 0) is 11.2 Å². The Morgan fingerprint density at radius 1 is 1.19 bits per heavy atom. The lowest BCUT2D eigenvalue weighted by atomic mass is 9.99. The second-order valence-corrected chi connectivity index (χ2v) is 6.79. The van der Waals surface area contributed by atoms with Crippen LogP contribution in [0.25, 0.3) is 17.3 Å². The van der Waals surface area contributed by atoms with E-state index in [0.717, 1.165) is 11.1 Å². The molecule has 8 nitrogen and oxygen atoms in total. The summed E-state index contributed by atoms with van der Waals surface area (Å²) in [4.78, 5) is 24.6. The van der Waals surface area contributed by atoms with Gasteiger partial charge in [-0.2, -0.15) is 5.10 Å². The molecule has 0 fully saturated rings. The molecule has 8 heteroatoms. The molecule has 0 radical (unpaired) electrons. The van der Waals surface area contributed by atoms with Crippen LogP contribution < -0.4 is 16.8 Å². The molecule has 32 heavy (non-hydrogen) atoms. The highest BCUT2D eigenvalue weighted by Gasteiger charge is 2.28. The van der Waals surface area contributed by atoms with Crippen molar-refractivity contribution in [2.45, 2.75) is 32.4 Å². The van der Waals surface area contributed by atoms with Gasteiger partial charge in [-0.1, -0.05) is 75.0 Å². The molecule has 0 saturated heterocycles. The molecule has 0 saturated carbocycles. The van der Waals surface area contributed by atoms with E-state index in [1.165, 1.54) is 6.20 Å². The normalized spacial score (nSPS) is 12.1. The number of para-hydroxylation sites is 1. The Hall–Kier alpha value is -3.91. The molecule has 7 N–H and O–H groups in total. The lowest BCUT2D eigenvalue weighted by Crippen LogP contribution is -2.50. The summed E-state index contributed by atoms with van der Waals surface area (Å²) in [6.07, 6.45) is 1.64. The fourth-order valence-corrected chi connectivity index (χ4v) is 3.20. The lowest BCUT2D eigenvalue weighted by molar-refractivity contribution is -0.127. The Labute approximate surface area is 187 Å². The monoisotopic (exact) mass is 435 g/mol. The molecule has 0 aliphatic heterocycles. The number of anilines is 1. The molecule has 2 unspecified atom stereocenters. The van der Waals surface area contributed by atoms with Crippen LogP contribution in [0.4, 0.5) is 5.69 Å². The van der Waals surface area contributed by atoms with E-state index < -0.39 is 24.0 Å². The van der Waals surface area contributed by atoms with Crippen LogP contribution in [0.15, 0.2) is 61.3 Å². The zero-order valence-electron chi connectivity index (χ0n) is 18.2. The van der Waals surface area contributed by atoms with Gasteiger partial charge >= 0.3 is 0 Å². The SMILES string of the molecule is C=Cc1cccc(-c2[nH]ncc2C(=O)NC(Cc2ccccc2)C(O)C(N)=O)c1N.CC. The fourth-order valence-electron chi connectivity index (χ4n) is 3.20. The summed E-state index contributed by atoms with van der Waals surface area (Å²) in [5.74, 6) is -1.45. The summed E-state index contributed by atoms with van der Waals surface area (Å²) in [6.45, 7) is 7.73. The van der Waals surface area contributed by atoms with Crippen LogP contribution in [0.3, 0.4) is 0 Å². The van der Waals surface area contributed by atoms with Gasteiger partial charge in [-0.25, -0.2) is 0 Å². The molecule has 3 rings (SSSR count). The molecule has 2 aromatic carbocycles. The first-order valence-electron chi connectivity index (χ1n) is 10.3. The first-order valence-corrected chi connectivity index (χ1v) is 10.3. The molecule has 0 bridgehead atoms. The van der Waals surface area contributed by atoms with E-state index in [-0.39, 0.29) is 12.0 Å². The number of amides is 2. The molecular weight excluding hydrogens is 406 g/mol. The Kier molecular flexibility index (Phi) is 8.73. The van der Waals surface area contributed by atoms with E-state index in [9.17, 15) is 14.7 Å². The first-order chi connectivity index (χ1) is 15.4. The topological polar surface area (TPSA) is 147 Å². The summed E-state index contributed by atoms with van der Waals surface area (Å²) in [5, 5.41) is 19.7. The predicted octanol–water partition coefficient (Wildman–Crippen LogP) is 2.52. The van der Waals surface area contributed by atoms with Crippen LogP contribution >= 0.6 is 0 Å². The van der Waals surface area contributed by atoms with Crippen molar-refractivity contribution in [3.63, 3.8) is 0 Å². The van der Waals surface area contributed by atoms with E-state index in [2.05, 4.69) is 22.1 Å². The van der Waals surface area contributed by atoms with Gasteiger partial charge < -0.3 is 21.9 Å². The zero-order chi connectivity index (χ0) is 23.7. The van der Waals surface area contributed by atoms with Gasteiger partial charge in [-0.15, -0.1) is 0 Å². The van der Waals surface area contributed by atoms with Crippen molar-refractivity contribution in [3.05, 3.63) is 78.0 Å². The van der Waals surface area contributed by atoms with Crippen molar-refractivity contribution >= 4 is 23.6 Å². The standard InChI is InChI=1S/C22H23N5O3.C2H6/c1-2-14-9-6-10-15(18(14)23)19-16(12-25-27-19)22(30)26-17(20(28)21(24)29)11-13-7-4-3-5-8-13;1-2/h2-10,12,17,20,28H,1,11,23H2,(H2,24,29)(H,25,27)(H,26,30);1-2H3. The number of primary amides is 1. The van der Waals surface area contributed by atoms with Gasteiger partial charge in [0.15, 0.2) is 6.10 Å². The molecule has 168 valence electrons. The van der Waals surface area contributed by atoms with Crippen LogP contribution in [0.5, 0.6) is 0 Å². The van der Waals surface area contributed by atoms with E-state index in [4.69, 9.17) is 11.5 Å². The van der Waals surface area contributed by atoms with Gasteiger partial charge in [0.05, 0.1) is 23.5 Å². The number of aromatic amines is 1. The summed E-state index contributed by atoms with van der Waals surface area (Å²) < 4.78 is 0. The number of aliphatic hydroxyl groups is 1. The van der Waals surface area contributed by atoms with Crippen molar-refractivity contribution in [1.82, 2.24) is 15.5 Å². The number of aromatic nitrogens is 2. The highest BCUT2D eigenvalue weighted by molar-refractivity contribution is 6.02. The number of carbonyl (C=O) groups is 2. The van der Waals surface area contributed by atoms with Crippen molar-refractivity contribution in [1.29, 1.82) is 0 Å². The van der Waals surface area contributed by atoms with Gasteiger partial charge in [-0.05, 0) is 17.5 Å². The van der Waals surface area contributed by atoms with Gasteiger partial charge in [0.1, 0.15) is 0 Å². The number of hydrogen-bond donors (Lipinski definition) is 5. The Morgan fingerprint density at radius 3 is 2.50 bits per heavy atom. The van der Waals surface area contributed by atoms with Crippen molar-refractivity contribution < 1.29 is 14.7 Å². The van der Waals surface area contributed by atoms with E-state index in [0.29, 0.717) is 16.9 Å². The van der Waals surface area contributed by atoms with Gasteiger partial charge in [0, 0.05) is 11.3 Å². The fraction of sp³-hybridized carbons (Fsp3) is 0.208. The maximum Gasteiger partial charge on any atom is 0.255 e. The largest absolute Gasteiger partial charge is 0.398 e. The zero-order valence-corrected chi connectivity index (χ0v) is 18.2. The van der Waals surface area contributed by atoms with Gasteiger partial charge in [-0.3, -0.25) is 14.7 Å². The highest BCUT2D eigenvalue weighted by atomic mass is 16.3. The van der Waals surface area contributed by atoms with Crippen molar-refractivity contribution in [2.24, 2.45) is 5.73 Å². The van der Waals surface area contributed by atoms with Gasteiger partial charge in [0.2, 0.25) is 5.91 Å². The summed E-state index contributed by atoms with van der Waals surface area (Å²) in [5.41, 5.74) is 14.7. The molecule has 2 atom stereocenters. The molecule has 1 aromatic heterocycles. The summed E-state index contributed by atoms with van der Waals surface area (Å²) in [6, 6.07) is 13.6. The minimum atomic E-state index is -1.56. The number of nitrogens with zero attached hydrogens (tertiary/aromatic N) is 1. The maximum absolute atomic E-state index is 13.0. The average molecular weight is 436 g/mol. The minimum Gasteiger partial charge on any atom is -0.398 e. The number of H-pyrrole nitrogens is 1. The summed E-state index contributed by atoms with van der Waals surface area (Å²) >= 11 is 0.